The first-order valence-corrected chi connectivity index (χ1v) is 7.66. The molecule has 18 heavy (non-hydrogen) atoms. The minimum Gasteiger partial charge on any atom is -0.339 e. The fourth-order valence-electron chi connectivity index (χ4n) is 1.76. The molecule has 2 rings (SSSR count). The Bertz CT molecular complexity index is 473. The first-order chi connectivity index (χ1) is 8.74. The lowest BCUT2D eigenvalue weighted by Gasteiger charge is -2.27. The second kappa shape index (κ2) is 6.03. The first kappa shape index (κ1) is 13.1. The molecule has 0 spiro atoms. The highest BCUT2D eigenvalue weighted by atomic mass is 32.2. The molecule has 0 radical (unpaired) electrons. The molecule has 2 heterocycles. The summed E-state index contributed by atoms with van der Waals surface area (Å²) in [6.07, 6.45) is 0. The summed E-state index contributed by atoms with van der Waals surface area (Å²) in [7, 11) is 0. The number of rotatable bonds is 3. The highest BCUT2D eigenvalue weighted by Gasteiger charge is 2.32. The standard InChI is InChI=1S/C12H12N2O2S2/c13-7-10(11(15)9-1-4-18-8-9)12(16)14-2-5-17-6-3-14/h1,4,8,10H,2-3,5-6H2. The molecule has 0 N–H and O–H groups in total. The van der Waals surface area contributed by atoms with Crippen molar-refractivity contribution in [1.29, 1.82) is 5.26 Å². The van der Waals surface area contributed by atoms with E-state index in [2.05, 4.69) is 0 Å². The van der Waals surface area contributed by atoms with Gasteiger partial charge in [0.25, 0.3) is 0 Å². The molecule has 1 atom stereocenters. The number of thiophene rings is 1. The molecule has 1 aliphatic heterocycles. The normalized spacial score (nSPS) is 16.9. The van der Waals surface area contributed by atoms with Crippen LogP contribution >= 0.6 is 23.1 Å². The Hall–Kier alpha value is -1.32. The zero-order valence-corrected chi connectivity index (χ0v) is 11.3. The smallest absolute Gasteiger partial charge is 0.248 e. The van der Waals surface area contributed by atoms with Crippen molar-refractivity contribution in [1.82, 2.24) is 4.90 Å². The summed E-state index contributed by atoms with van der Waals surface area (Å²) >= 11 is 3.17. The summed E-state index contributed by atoms with van der Waals surface area (Å²) in [5.41, 5.74) is 0.450. The largest absolute Gasteiger partial charge is 0.339 e. The Kier molecular flexibility index (Phi) is 4.39. The van der Waals surface area contributed by atoms with Gasteiger partial charge in [0.05, 0.1) is 6.07 Å². The van der Waals surface area contributed by atoms with Gasteiger partial charge in [-0.25, -0.2) is 0 Å². The minimum absolute atomic E-state index is 0.353. The molecule has 6 heteroatoms. The van der Waals surface area contributed by atoms with Crippen molar-refractivity contribution < 1.29 is 9.59 Å². The third kappa shape index (κ3) is 2.74. The number of carbonyl (C=O) groups is 2. The van der Waals surface area contributed by atoms with Gasteiger partial charge in [-0.1, -0.05) is 0 Å². The molecule has 1 unspecified atom stereocenters. The van der Waals surface area contributed by atoms with E-state index in [0.717, 1.165) is 11.5 Å². The van der Waals surface area contributed by atoms with E-state index in [1.807, 2.05) is 6.07 Å². The second-order valence-corrected chi connectivity index (χ2v) is 5.88. The minimum atomic E-state index is -1.19. The number of nitrogens with zero attached hydrogens (tertiary/aromatic N) is 2. The molecule has 4 nitrogen and oxygen atoms in total. The molecule has 0 saturated carbocycles. The Morgan fingerprint density at radius 2 is 2.11 bits per heavy atom. The number of carbonyl (C=O) groups excluding carboxylic acids is 2. The third-order valence-corrected chi connectivity index (χ3v) is 4.39. The molecule has 1 aromatic heterocycles. The lowest BCUT2D eigenvalue weighted by molar-refractivity contribution is -0.132. The van der Waals surface area contributed by atoms with Crippen LogP contribution in [0, 0.1) is 17.2 Å². The van der Waals surface area contributed by atoms with Gasteiger partial charge in [-0.3, -0.25) is 9.59 Å². The van der Waals surface area contributed by atoms with Gasteiger partial charge < -0.3 is 4.90 Å². The van der Waals surface area contributed by atoms with E-state index in [4.69, 9.17) is 5.26 Å². The molecule has 94 valence electrons. The Balaban J connectivity index is 2.11. The van der Waals surface area contributed by atoms with E-state index in [1.54, 1.807) is 33.5 Å². The molecule has 1 fully saturated rings. The van der Waals surface area contributed by atoms with E-state index in [9.17, 15) is 9.59 Å². The number of hydrogen-bond acceptors (Lipinski definition) is 5. The Morgan fingerprint density at radius 1 is 1.39 bits per heavy atom. The summed E-state index contributed by atoms with van der Waals surface area (Å²) in [5.74, 6) is -0.189. The van der Waals surface area contributed by atoms with Crippen LogP contribution in [0.4, 0.5) is 0 Å². The number of Topliss-reactive ketones (excluding diaryl/α,β-unsaturated/α-hetero) is 1. The quantitative estimate of drug-likeness (QED) is 0.624. The number of hydrogen-bond donors (Lipinski definition) is 0. The summed E-state index contributed by atoms with van der Waals surface area (Å²) in [4.78, 5) is 25.8. The topological polar surface area (TPSA) is 61.2 Å². The average molecular weight is 280 g/mol. The molecule has 1 aromatic rings. The van der Waals surface area contributed by atoms with Crippen molar-refractivity contribution in [3.05, 3.63) is 22.4 Å². The van der Waals surface area contributed by atoms with Crippen LogP contribution in [0.15, 0.2) is 16.8 Å². The van der Waals surface area contributed by atoms with E-state index >= 15 is 0 Å². The van der Waals surface area contributed by atoms with Gasteiger partial charge in [-0.05, 0) is 11.4 Å². The van der Waals surface area contributed by atoms with E-state index in [0.29, 0.717) is 18.7 Å². The lowest BCUT2D eigenvalue weighted by atomic mass is 9.99. The molecule has 0 aliphatic carbocycles. The summed E-state index contributed by atoms with van der Waals surface area (Å²) in [5, 5.41) is 12.5. The molecule has 0 aromatic carbocycles. The van der Waals surface area contributed by atoms with Crippen molar-refractivity contribution in [3.63, 3.8) is 0 Å². The van der Waals surface area contributed by atoms with Crippen molar-refractivity contribution >= 4 is 34.8 Å². The van der Waals surface area contributed by atoms with Crippen molar-refractivity contribution in [3.8, 4) is 6.07 Å². The van der Waals surface area contributed by atoms with Gasteiger partial charge in [-0.15, -0.1) is 0 Å². The number of nitriles is 1. The highest BCUT2D eigenvalue weighted by Crippen LogP contribution is 2.17. The molecular weight excluding hydrogens is 268 g/mol. The zero-order valence-electron chi connectivity index (χ0n) is 9.67. The maximum atomic E-state index is 12.1. The first-order valence-electron chi connectivity index (χ1n) is 5.56. The zero-order chi connectivity index (χ0) is 13.0. The molecule has 0 bridgehead atoms. The van der Waals surface area contributed by atoms with Crippen LogP contribution in [-0.4, -0.2) is 41.2 Å². The van der Waals surface area contributed by atoms with Gasteiger partial charge in [0.2, 0.25) is 5.91 Å². The maximum absolute atomic E-state index is 12.1. The van der Waals surface area contributed by atoms with Crippen LogP contribution in [0.25, 0.3) is 0 Å². The fraction of sp³-hybridized carbons (Fsp3) is 0.417. The lowest BCUT2D eigenvalue weighted by Crippen LogP contribution is -2.43. The SMILES string of the molecule is N#CC(C(=O)c1ccsc1)C(=O)N1CCSCC1. The monoisotopic (exact) mass is 280 g/mol. The van der Waals surface area contributed by atoms with Crippen molar-refractivity contribution in [2.75, 3.05) is 24.6 Å². The average Bonchev–Trinajstić information content (AvgIpc) is 2.94. The third-order valence-electron chi connectivity index (χ3n) is 2.77. The summed E-state index contributed by atoms with van der Waals surface area (Å²) in [6, 6.07) is 3.49. The van der Waals surface area contributed by atoms with Crippen LogP contribution in [0.2, 0.25) is 0 Å². The number of amides is 1. The van der Waals surface area contributed by atoms with Crippen LogP contribution in [-0.2, 0) is 4.79 Å². The van der Waals surface area contributed by atoms with Gasteiger partial charge in [0.15, 0.2) is 11.7 Å². The predicted octanol–water partition coefficient (Wildman–Crippen LogP) is 1.65. The maximum Gasteiger partial charge on any atom is 0.248 e. The second-order valence-electron chi connectivity index (χ2n) is 3.88. The Labute approximate surface area is 114 Å². The van der Waals surface area contributed by atoms with Gasteiger partial charge in [-0.2, -0.15) is 28.4 Å². The molecule has 1 aliphatic rings. The van der Waals surface area contributed by atoms with Crippen LogP contribution in [0.1, 0.15) is 10.4 Å². The van der Waals surface area contributed by atoms with Crippen molar-refractivity contribution in [2.45, 2.75) is 0 Å². The fourth-order valence-corrected chi connectivity index (χ4v) is 3.31. The highest BCUT2D eigenvalue weighted by molar-refractivity contribution is 7.99. The van der Waals surface area contributed by atoms with Crippen molar-refractivity contribution in [2.24, 2.45) is 5.92 Å². The molecular formula is C12H12N2O2S2. The summed E-state index contributed by atoms with van der Waals surface area (Å²) < 4.78 is 0. The molecule has 1 saturated heterocycles. The van der Waals surface area contributed by atoms with E-state index in [1.165, 1.54) is 11.3 Å². The van der Waals surface area contributed by atoms with Crippen LogP contribution in [0.5, 0.6) is 0 Å². The molecule has 1 amide bonds. The number of thioether (sulfide) groups is 1. The summed E-state index contributed by atoms with van der Waals surface area (Å²) in [6.45, 7) is 1.25. The Morgan fingerprint density at radius 3 is 2.67 bits per heavy atom. The van der Waals surface area contributed by atoms with Gasteiger partial charge >= 0.3 is 0 Å². The number of ketones is 1. The van der Waals surface area contributed by atoms with Gasteiger partial charge in [0.1, 0.15) is 0 Å². The van der Waals surface area contributed by atoms with Crippen LogP contribution in [0.3, 0.4) is 0 Å². The van der Waals surface area contributed by atoms with Gasteiger partial charge in [0, 0.05) is 35.5 Å². The van der Waals surface area contributed by atoms with E-state index in [-0.39, 0.29) is 11.7 Å². The van der Waals surface area contributed by atoms with E-state index < -0.39 is 5.92 Å². The van der Waals surface area contributed by atoms with Crippen LogP contribution < -0.4 is 0 Å². The predicted molar refractivity (Wildman–Crippen MR) is 71.7 cm³/mol.